The van der Waals surface area contributed by atoms with Gasteiger partial charge in [-0.25, -0.2) is 0 Å². The Morgan fingerprint density at radius 1 is 1.19 bits per heavy atom. The molecule has 2 heteroatoms. The fraction of sp³-hybridized carbons (Fsp3) is 0.684. The van der Waals surface area contributed by atoms with E-state index in [1.54, 1.807) is 0 Å². The number of aryl methyl sites for hydroxylation is 1. The highest BCUT2D eigenvalue weighted by molar-refractivity contribution is 5.28. The Morgan fingerprint density at radius 2 is 1.90 bits per heavy atom. The number of hydrogen-bond donors (Lipinski definition) is 1. The molecule has 1 aliphatic carbocycles. The zero-order valence-corrected chi connectivity index (χ0v) is 14.0. The first kappa shape index (κ1) is 16.4. The van der Waals surface area contributed by atoms with Crippen LogP contribution in [0.1, 0.15) is 58.4 Å². The van der Waals surface area contributed by atoms with Crippen LogP contribution in [-0.4, -0.2) is 18.7 Å². The molecular weight excluding hydrogens is 258 g/mol. The highest BCUT2D eigenvalue weighted by atomic mass is 16.5. The molecule has 118 valence electrons. The number of benzene rings is 1. The second-order valence-electron chi connectivity index (χ2n) is 6.88. The van der Waals surface area contributed by atoms with Crippen molar-refractivity contribution >= 4 is 0 Å². The molecule has 1 fully saturated rings. The summed E-state index contributed by atoms with van der Waals surface area (Å²) in [6.45, 7) is 8.88. The van der Waals surface area contributed by atoms with Crippen LogP contribution >= 0.6 is 0 Å². The van der Waals surface area contributed by atoms with Crippen molar-refractivity contribution in [2.75, 3.05) is 13.1 Å². The van der Waals surface area contributed by atoms with Gasteiger partial charge in [0.05, 0.1) is 0 Å². The van der Waals surface area contributed by atoms with Crippen LogP contribution in [0.3, 0.4) is 0 Å². The van der Waals surface area contributed by atoms with E-state index in [1.165, 1.54) is 31.2 Å². The molecule has 0 unspecified atom stereocenters. The molecule has 0 amide bonds. The number of hydrogen-bond acceptors (Lipinski definition) is 2. The molecule has 0 atom stereocenters. The molecule has 1 N–H and O–H groups in total. The van der Waals surface area contributed by atoms with Gasteiger partial charge in [0.2, 0.25) is 0 Å². The van der Waals surface area contributed by atoms with Crippen LogP contribution in [0.5, 0.6) is 5.75 Å². The fourth-order valence-corrected chi connectivity index (χ4v) is 2.94. The Labute approximate surface area is 130 Å². The van der Waals surface area contributed by atoms with E-state index >= 15 is 0 Å². The molecule has 0 saturated heterocycles. The Bertz CT molecular complexity index is 406. The standard InChI is InChI=1S/C19H31NO/c1-4-6-17-7-9-18(10-8-17)21-19(11-5-12-19)13-14-20-15-16(2)3/h7-10,16,20H,4-6,11-15H2,1-3H3. The third-order valence-corrected chi connectivity index (χ3v) is 4.37. The van der Waals surface area contributed by atoms with Crippen LogP contribution in [0.15, 0.2) is 24.3 Å². The van der Waals surface area contributed by atoms with Crippen molar-refractivity contribution in [2.24, 2.45) is 5.92 Å². The lowest BCUT2D eigenvalue weighted by Crippen LogP contribution is -2.45. The summed E-state index contributed by atoms with van der Waals surface area (Å²) in [6.07, 6.45) is 7.19. The molecule has 2 rings (SSSR count). The first-order valence-electron chi connectivity index (χ1n) is 8.62. The maximum atomic E-state index is 6.34. The summed E-state index contributed by atoms with van der Waals surface area (Å²) >= 11 is 0. The van der Waals surface area contributed by atoms with Crippen molar-refractivity contribution in [3.8, 4) is 5.75 Å². The molecule has 0 heterocycles. The highest BCUT2D eigenvalue weighted by Gasteiger charge is 2.38. The summed E-state index contributed by atoms with van der Waals surface area (Å²) in [4.78, 5) is 0. The lowest BCUT2D eigenvalue weighted by molar-refractivity contribution is -0.0143. The van der Waals surface area contributed by atoms with E-state index in [-0.39, 0.29) is 5.60 Å². The molecule has 2 nitrogen and oxygen atoms in total. The van der Waals surface area contributed by atoms with E-state index in [1.807, 2.05) is 0 Å². The quantitative estimate of drug-likeness (QED) is 0.672. The molecule has 21 heavy (non-hydrogen) atoms. The van der Waals surface area contributed by atoms with Crippen molar-refractivity contribution in [1.29, 1.82) is 0 Å². The summed E-state index contributed by atoms with van der Waals surface area (Å²) in [5.74, 6) is 1.76. The van der Waals surface area contributed by atoms with Crippen molar-refractivity contribution in [1.82, 2.24) is 5.32 Å². The van der Waals surface area contributed by atoms with Crippen LogP contribution in [0, 0.1) is 5.92 Å². The van der Waals surface area contributed by atoms with Gasteiger partial charge in [-0.3, -0.25) is 0 Å². The minimum absolute atomic E-state index is 0.0935. The van der Waals surface area contributed by atoms with Gasteiger partial charge in [0, 0.05) is 0 Å². The van der Waals surface area contributed by atoms with Gasteiger partial charge in [0.15, 0.2) is 0 Å². The van der Waals surface area contributed by atoms with Gasteiger partial charge in [-0.1, -0.05) is 39.3 Å². The third kappa shape index (κ3) is 5.03. The van der Waals surface area contributed by atoms with Gasteiger partial charge < -0.3 is 10.1 Å². The minimum atomic E-state index is 0.0935. The van der Waals surface area contributed by atoms with Crippen molar-refractivity contribution < 1.29 is 4.74 Å². The Morgan fingerprint density at radius 3 is 2.43 bits per heavy atom. The number of nitrogens with one attached hydrogen (secondary N) is 1. The van der Waals surface area contributed by atoms with Gasteiger partial charge in [0.25, 0.3) is 0 Å². The molecule has 1 aromatic rings. The van der Waals surface area contributed by atoms with E-state index in [9.17, 15) is 0 Å². The highest BCUT2D eigenvalue weighted by Crippen LogP contribution is 2.39. The van der Waals surface area contributed by atoms with E-state index in [2.05, 4.69) is 50.4 Å². The summed E-state index contributed by atoms with van der Waals surface area (Å²) in [6, 6.07) is 8.71. The molecule has 0 spiro atoms. The topological polar surface area (TPSA) is 21.3 Å². The normalized spacial score (nSPS) is 16.8. The molecular formula is C19H31NO. The van der Waals surface area contributed by atoms with E-state index in [0.717, 1.165) is 37.6 Å². The van der Waals surface area contributed by atoms with Gasteiger partial charge in [0.1, 0.15) is 11.4 Å². The first-order chi connectivity index (χ1) is 10.1. The summed E-state index contributed by atoms with van der Waals surface area (Å²) in [5, 5.41) is 3.54. The maximum Gasteiger partial charge on any atom is 0.120 e. The van der Waals surface area contributed by atoms with Gasteiger partial charge in [-0.05, 0) is 68.8 Å². The monoisotopic (exact) mass is 289 g/mol. The van der Waals surface area contributed by atoms with Crippen molar-refractivity contribution in [3.63, 3.8) is 0 Å². The summed E-state index contributed by atoms with van der Waals surface area (Å²) in [5.41, 5.74) is 1.50. The second kappa shape index (κ2) is 7.84. The molecule has 1 saturated carbocycles. The fourth-order valence-electron chi connectivity index (χ4n) is 2.94. The average molecular weight is 289 g/mol. The number of rotatable bonds is 9. The molecule has 0 radical (unpaired) electrons. The van der Waals surface area contributed by atoms with Crippen LogP contribution in [0.2, 0.25) is 0 Å². The maximum absolute atomic E-state index is 6.34. The predicted octanol–water partition coefficient (Wildman–Crippen LogP) is 4.58. The van der Waals surface area contributed by atoms with E-state index in [0.29, 0.717) is 0 Å². The van der Waals surface area contributed by atoms with E-state index in [4.69, 9.17) is 4.74 Å². The Kier molecular flexibility index (Phi) is 6.10. The molecule has 0 bridgehead atoms. The van der Waals surface area contributed by atoms with Crippen molar-refractivity contribution in [3.05, 3.63) is 29.8 Å². The van der Waals surface area contributed by atoms with Gasteiger partial charge in [-0.2, -0.15) is 0 Å². The van der Waals surface area contributed by atoms with Crippen LogP contribution < -0.4 is 10.1 Å². The zero-order valence-electron chi connectivity index (χ0n) is 14.0. The van der Waals surface area contributed by atoms with Crippen LogP contribution in [0.25, 0.3) is 0 Å². The lowest BCUT2D eigenvalue weighted by Gasteiger charge is -2.42. The third-order valence-electron chi connectivity index (χ3n) is 4.37. The molecule has 1 aromatic carbocycles. The molecule has 0 aromatic heterocycles. The number of ether oxygens (including phenoxy) is 1. The average Bonchev–Trinajstić information content (AvgIpc) is 2.42. The first-order valence-corrected chi connectivity index (χ1v) is 8.62. The van der Waals surface area contributed by atoms with Gasteiger partial charge in [-0.15, -0.1) is 0 Å². The molecule has 1 aliphatic rings. The Hall–Kier alpha value is -1.02. The van der Waals surface area contributed by atoms with Gasteiger partial charge >= 0.3 is 0 Å². The summed E-state index contributed by atoms with van der Waals surface area (Å²) in [7, 11) is 0. The smallest absolute Gasteiger partial charge is 0.120 e. The second-order valence-corrected chi connectivity index (χ2v) is 6.88. The van der Waals surface area contributed by atoms with Crippen LogP contribution in [0.4, 0.5) is 0 Å². The minimum Gasteiger partial charge on any atom is -0.487 e. The SMILES string of the molecule is CCCc1ccc(OC2(CCNCC(C)C)CCC2)cc1. The lowest BCUT2D eigenvalue weighted by atomic mass is 9.77. The summed E-state index contributed by atoms with van der Waals surface area (Å²) < 4.78 is 6.34. The van der Waals surface area contributed by atoms with E-state index < -0.39 is 0 Å². The Balaban J connectivity index is 1.83. The largest absolute Gasteiger partial charge is 0.487 e. The van der Waals surface area contributed by atoms with Crippen molar-refractivity contribution in [2.45, 2.75) is 64.9 Å². The predicted molar refractivity (Wildman–Crippen MR) is 90.0 cm³/mol. The van der Waals surface area contributed by atoms with Crippen LogP contribution in [-0.2, 0) is 6.42 Å². The molecule has 0 aliphatic heterocycles. The zero-order chi connectivity index (χ0) is 15.1.